The molecule has 2 aromatic heterocycles. The van der Waals surface area contributed by atoms with E-state index < -0.39 is 0 Å². The number of carbonyl (C=O) groups excluding carboxylic acids is 1. The molecule has 0 aliphatic heterocycles. The fraction of sp³-hybridized carbons (Fsp3) is 0.462. The maximum atomic E-state index is 12.1. The summed E-state index contributed by atoms with van der Waals surface area (Å²) in [7, 11) is 0. The molecule has 3 rings (SSSR count). The van der Waals surface area contributed by atoms with Gasteiger partial charge in [0.15, 0.2) is 5.65 Å². The summed E-state index contributed by atoms with van der Waals surface area (Å²) in [6, 6.07) is 3.72. The molecule has 18 heavy (non-hydrogen) atoms. The molecular formula is C13H16N4O. The Morgan fingerprint density at radius 2 is 2.11 bits per heavy atom. The van der Waals surface area contributed by atoms with Crippen LogP contribution in [0.5, 0.6) is 0 Å². The highest BCUT2D eigenvalue weighted by atomic mass is 16.1. The van der Waals surface area contributed by atoms with Gasteiger partial charge in [0, 0.05) is 12.1 Å². The average Bonchev–Trinajstić information content (AvgIpc) is 2.87. The third-order valence-corrected chi connectivity index (χ3v) is 3.53. The monoisotopic (exact) mass is 244 g/mol. The summed E-state index contributed by atoms with van der Waals surface area (Å²) in [5.74, 6) is 0.317. The fourth-order valence-corrected chi connectivity index (χ4v) is 2.51. The van der Waals surface area contributed by atoms with Crippen molar-refractivity contribution in [3.8, 4) is 0 Å². The molecule has 2 heterocycles. The third kappa shape index (κ3) is 2.20. The van der Waals surface area contributed by atoms with Crippen LogP contribution in [0, 0.1) is 5.92 Å². The van der Waals surface area contributed by atoms with Crippen molar-refractivity contribution in [1.29, 1.82) is 0 Å². The Balaban J connectivity index is 1.72. The van der Waals surface area contributed by atoms with Gasteiger partial charge in [-0.2, -0.15) is 0 Å². The molecule has 1 fully saturated rings. The highest BCUT2D eigenvalue weighted by Gasteiger charge is 2.21. The Bertz CT molecular complexity index is 557. The SMILES string of the molecule is O=C(Nc1ccc2nncn2c1)C1CCCCC1. The highest BCUT2D eigenvalue weighted by molar-refractivity contribution is 5.92. The van der Waals surface area contributed by atoms with Crippen LogP contribution in [0.4, 0.5) is 5.69 Å². The molecule has 0 aromatic carbocycles. The Kier molecular flexibility index (Phi) is 2.96. The van der Waals surface area contributed by atoms with E-state index in [1.807, 2.05) is 18.3 Å². The van der Waals surface area contributed by atoms with Crippen molar-refractivity contribution in [1.82, 2.24) is 14.6 Å². The largest absolute Gasteiger partial charge is 0.325 e. The molecule has 1 saturated carbocycles. The number of nitrogens with one attached hydrogen (secondary N) is 1. The zero-order chi connectivity index (χ0) is 12.4. The van der Waals surface area contributed by atoms with Gasteiger partial charge in [-0.3, -0.25) is 9.20 Å². The van der Waals surface area contributed by atoms with E-state index in [-0.39, 0.29) is 11.8 Å². The third-order valence-electron chi connectivity index (χ3n) is 3.53. The van der Waals surface area contributed by atoms with Gasteiger partial charge in [-0.25, -0.2) is 0 Å². The van der Waals surface area contributed by atoms with E-state index >= 15 is 0 Å². The van der Waals surface area contributed by atoms with E-state index in [0.717, 1.165) is 24.2 Å². The van der Waals surface area contributed by atoms with Crippen LogP contribution in [0.2, 0.25) is 0 Å². The predicted molar refractivity (Wildman–Crippen MR) is 68.2 cm³/mol. The Labute approximate surface area is 105 Å². The van der Waals surface area contributed by atoms with E-state index in [1.165, 1.54) is 19.3 Å². The summed E-state index contributed by atoms with van der Waals surface area (Å²) in [5.41, 5.74) is 1.59. The van der Waals surface area contributed by atoms with E-state index in [4.69, 9.17) is 0 Å². The molecule has 0 spiro atoms. The summed E-state index contributed by atoms with van der Waals surface area (Å²) in [6.45, 7) is 0. The minimum atomic E-state index is 0.141. The van der Waals surface area contributed by atoms with Gasteiger partial charge in [0.2, 0.25) is 5.91 Å². The molecule has 0 radical (unpaired) electrons. The quantitative estimate of drug-likeness (QED) is 0.881. The molecule has 0 atom stereocenters. The number of hydrogen-bond donors (Lipinski definition) is 1. The van der Waals surface area contributed by atoms with Crippen molar-refractivity contribution in [2.45, 2.75) is 32.1 Å². The number of pyridine rings is 1. The first-order chi connectivity index (χ1) is 8.83. The number of rotatable bonds is 2. The van der Waals surface area contributed by atoms with Crippen LogP contribution in [0.25, 0.3) is 5.65 Å². The molecule has 5 heteroatoms. The van der Waals surface area contributed by atoms with Gasteiger partial charge < -0.3 is 5.32 Å². The topological polar surface area (TPSA) is 59.3 Å². The van der Waals surface area contributed by atoms with Crippen molar-refractivity contribution < 1.29 is 4.79 Å². The normalized spacial score (nSPS) is 16.9. The van der Waals surface area contributed by atoms with E-state index in [2.05, 4.69) is 15.5 Å². The summed E-state index contributed by atoms with van der Waals surface area (Å²) in [6.07, 6.45) is 9.10. The lowest BCUT2D eigenvalue weighted by atomic mass is 9.88. The van der Waals surface area contributed by atoms with Crippen molar-refractivity contribution in [2.75, 3.05) is 5.32 Å². The van der Waals surface area contributed by atoms with Crippen molar-refractivity contribution >= 4 is 17.2 Å². The van der Waals surface area contributed by atoms with Crippen LogP contribution in [0.3, 0.4) is 0 Å². The molecule has 1 aliphatic carbocycles. The van der Waals surface area contributed by atoms with E-state index in [0.29, 0.717) is 0 Å². The lowest BCUT2D eigenvalue weighted by Gasteiger charge is -2.20. The minimum Gasteiger partial charge on any atom is -0.325 e. The molecular weight excluding hydrogens is 228 g/mol. The van der Waals surface area contributed by atoms with Crippen molar-refractivity contribution in [3.05, 3.63) is 24.7 Å². The Morgan fingerprint density at radius 1 is 1.28 bits per heavy atom. The van der Waals surface area contributed by atoms with Crippen LogP contribution >= 0.6 is 0 Å². The summed E-state index contributed by atoms with van der Waals surface area (Å²) < 4.78 is 1.80. The van der Waals surface area contributed by atoms with Crippen molar-refractivity contribution in [2.24, 2.45) is 5.92 Å². The summed E-state index contributed by atoms with van der Waals surface area (Å²) in [4.78, 5) is 12.1. The van der Waals surface area contributed by atoms with E-state index in [9.17, 15) is 4.79 Å². The molecule has 2 aromatic rings. The number of aromatic nitrogens is 3. The van der Waals surface area contributed by atoms with Gasteiger partial charge in [0.1, 0.15) is 6.33 Å². The van der Waals surface area contributed by atoms with Gasteiger partial charge in [0.25, 0.3) is 0 Å². The van der Waals surface area contributed by atoms with Crippen LogP contribution in [-0.4, -0.2) is 20.5 Å². The standard InChI is InChI=1S/C13H16N4O/c18-13(10-4-2-1-3-5-10)15-11-6-7-12-16-14-9-17(12)8-11/h6-10H,1-5H2,(H,15,18). The highest BCUT2D eigenvalue weighted by Crippen LogP contribution is 2.24. The molecule has 1 aliphatic rings. The number of hydrogen-bond acceptors (Lipinski definition) is 3. The van der Waals surface area contributed by atoms with Crippen LogP contribution < -0.4 is 5.32 Å². The van der Waals surface area contributed by atoms with E-state index in [1.54, 1.807) is 10.7 Å². The second kappa shape index (κ2) is 4.76. The number of nitrogens with zero attached hydrogens (tertiary/aromatic N) is 3. The van der Waals surface area contributed by atoms with Gasteiger partial charge in [-0.05, 0) is 25.0 Å². The molecule has 1 amide bonds. The van der Waals surface area contributed by atoms with Crippen LogP contribution in [0.15, 0.2) is 24.7 Å². The zero-order valence-electron chi connectivity index (χ0n) is 10.2. The number of amides is 1. The number of anilines is 1. The maximum Gasteiger partial charge on any atom is 0.227 e. The average molecular weight is 244 g/mol. The lowest BCUT2D eigenvalue weighted by molar-refractivity contribution is -0.120. The number of fused-ring (bicyclic) bond motifs is 1. The van der Waals surface area contributed by atoms with Crippen LogP contribution in [-0.2, 0) is 4.79 Å². The summed E-state index contributed by atoms with van der Waals surface area (Å²) >= 11 is 0. The van der Waals surface area contributed by atoms with Gasteiger partial charge in [-0.1, -0.05) is 19.3 Å². The number of carbonyl (C=O) groups is 1. The first-order valence-electron chi connectivity index (χ1n) is 6.43. The summed E-state index contributed by atoms with van der Waals surface area (Å²) in [5, 5.41) is 10.7. The fourth-order valence-electron chi connectivity index (χ4n) is 2.51. The molecule has 94 valence electrons. The van der Waals surface area contributed by atoms with Gasteiger partial charge in [-0.15, -0.1) is 10.2 Å². The zero-order valence-corrected chi connectivity index (χ0v) is 10.2. The minimum absolute atomic E-state index is 0.141. The lowest BCUT2D eigenvalue weighted by Crippen LogP contribution is -2.24. The molecule has 1 N–H and O–H groups in total. The molecule has 0 bridgehead atoms. The predicted octanol–water partition coefficient (Wildman–Crippen LogP) is 2.25. The molecule has 0 saturated heterocycles. The van der Waals surface area contributed by atoms with Crippen LogP contribution in [0.1, 0.15) is 32.1 Å². The Morgan fingerprint density at radius 3 is 2.94 bits per heavy atom. The van der Waals surface area contributed by atoms with Gasteiger partial charge in [0.05, 0.1) is 5.69 Å². The maximum absolute atomic E-state index is 12.1. The first-order valence-corrected chi connectivity index (χ1v) is 6.43. The smallest absolute Gasteiger partial charge is 0.227 e. The Hall–Kier alpha value is -1.91. The first kappa shape index (κ1) is 11.2. The second-order valence-corrected chi connectivity index (χ2v) is 4.84. The van der Waals surface area contributed by atoms with Gasteiger partial charge >= 0.3 is 0 Å². The molecule has 5 nitrogen and oxygen atoms in total. The van der Waals surface area contributed by atoms with Crippen molar-refractivity contribution in [3.63, 3.8) is 0 Å². The second-order valence-electron chi connectivity index (χ2n) is 4.84. The molecule has 0 unspecified atom stereocenters.